The molecule has 0 unspecified atom stereocenters. The van der Waals surface area contributed by atoms with Gasteiger partial charge in [0.05, 0.1) is 17.4 Å². The van der Waals surface area contributed by atoms with E-state index in [0.717, 1.165) is 22.8 Å². The van der Waals surface area contributed by atoms with Crippen LogP contribution < -0.4 is 10.2 Å². The fourth-order valence-electron chi connectivity index (χ4n) is 2.03. The summed E-state index contributed by atoms with van der Waals surface area (Å²) >= 11 is 7.78. The molecule has 0 aliphatic carbocycles. The molecule has 120 valence electrons. The number of nitrogens with zero attached hydrogens (tertiary/aromatic N) is 3. The lowest BCUT2D eigenvalue weighted by molar-refractivity contribution is 0.0946. The first kappa shape index (κ1) is 15.9. The number of hydrazone groups is 1. The van der Waals surface area contributed by atoms with E-state index in [0.29, 0.717) is 6.10 Å². The van der Waals surface area contributed by atoms with E-state index in [1.807, 2.05) is 36.0 Å². The third-order valence-electron chi connectivity index (χ3n) is 3.26. The van der Waals surface area contributed by atoms with Gasteiger partial charge in [-0.15, -0.1) is 0 Å². The molecule has 8 heteroatoms. The lowest BCUT2D eigenvalue weighted by atomic mass is 10.2. The number of halogens is 1. The second-order valence-electron chi connectivity index (χ2n) is 5.01. The molecule has 1 N–H and O–H groups in total. The quantitative estimate of drug-likeness (QED) is 0.663. The van der Waals surface area contributed by atoms with E-state index in [4.69, 9.17) is 16.3 Å². The number of ether oxygens (including phenoxy) is 1. The molecule has 0 atom stereocenters. The number of thioether (sulfide) groups is 1. The van der Waals surface area contributed by atoms with Gasteiger partial charge in [-0.05, 0) is 17.7 Å². The van der Waals surface area contributed by atoms with Crippen LogP contribution in [0.15, 0.2) is 35.6 Å². The van der Waals surface area contributed by atoms with Gasteiger partial charge in [0, 0.05) is 18.6 Å². The van der Waals surface area contributed by atoms with Gasteiger partial charge in [0.15, 0.2) is 0 Å². The Labute approximate surface area is 142 Å². The number of rotatable bonds is 5. The van der Waals surface area contributed by atoms with Crippen molar-refractivity contribution in [3.8, 4) is 5.75 Å². The highest BCUT2D eigenvalue weighted by Gasteiger charge is 2.19. The highest BCUT2D eigenvalue weighted by atomic mass is 35.5. The summed E-state index contributed by atoms with van der Waals surface area (Å²) in [6, 6.07) is 7.57. The van der Waals surface area contributed by atoms with E-state index < -0.39 is 5.91 Å². The largest absolute Gasteiger partial charge is 0.489 e. The van der Waals surface area contributed by atoms with Crippen LogP contribution in [-0.4, -0.2) is 39.5 Å². The highest BCUT2D eigenvalue weighted by molar-refractivity contribution is 8.00. The van der Waals surface area contributed by atoms with Gasteiger partial charge in [-0.1, -0.05) is 23.7 Å². The summed E-state index contributed by atoms with van der Waals surface area (Å²) in [5, 5.41) is 8.15. The molecule has 0 saturated carbocycles. The standard InChI is InChI=1S/C15H15ClN4O2S/c1-20-14(13(16)7-18-20)15(21)19-17-6-10-3-2-4-11(5-10)22-12-8-23-9-12/h2-7,12H,8-9H2,1H3,(H,19,21). The van der Waals surface area contributed by atoms with Gasteiger partial charge in [0.1, 0.15) is 17.5 Å². The maximum atomic E-state index is 12.0. The van der Waals surface area contributed by atoms with Gasteiger partial charge in [0.2, 0.25) is 0 Å². The van der Waals surface area contributed by atoms with Gasteiger partial charge in [-0.3, -0.25) is 9.48 Å². The Morgan fingerprint density at radius 1 is 1.57 bits per heavy atom. The molecule has 1 aliphatic rings. The summed E-state index contributed by atoms with van der Waals surface area (Å²) < 4.78 is 7.21. The van der Waals surface area contributed by atoms with Crippen LogP contribution in [-0.2, 0) is 7.05 Å². The molecular weight excluding hydrogens is 336 g/mol. The molecular formula is C15H15ClN4O2S. The van der Waals surface area contributed by atoms with E-state index in [-0.39, 0.29) is 10.7 Å². The number of hydrogen-bond donors (Lipinski definition) is 1. The van der Waals surface area contributed by atoms with Crippen molar-refractivity contribution in [3.63, 3.8) is 0 Å². The molecule has 1 aliphatic heterocycles. The topological polar surface area (TPSA) is 68.5 Å². The van der Waals surface area contributed by atoms with E-state index in [9.17, 15) is 4.79 Å². The van der Waals surface area contributed by atoms with Crippen LogP contribution in [0.5, 0.6) is 5.75 Å². The predicted octanol–water partition coefficient (Wildman–Crippen LogP) is 2.33. The normalized spacial score (nSPS) is 14.7. The third kappa shape index (κ3) is 3.86. The molecule has 23 heavy (non-hydrogen) atoms. The van der Waals surface area contributed by atoms with Crippen molar-refractivity contribution < 1.29 is 9.53 Å². The Bertz CT molecular complexity index is 723. The molecule has 1 fully saturated rings. The molecule has 1 aromatic heterocycles. The van der Waals surface area contributed by atoms with Crippen molar-refractivity contribution in [2.45, 2.75) is 6.10 Å². The monoisotopic (exact) mass is 350 g/mol. The lowest BCUT2D eigenvalue weighted by Gasteiger charge is -2.25. The molecule has 2 aromatic rings. The van der Waals surface area contributed by atoms with Gasteiger partial charge in [-0.2, -0.15) is 22.0 Å². The number of carbonyl (C=O) groups is 1. The third-order valence-corrected chi connectivity index (χ3v) is 4.75. The van der Waals surface area contributed by atoms with E-state index >= 15 is 0 Å². The molecule has 6 nitrogen and oxygen atoms in total. The molecule has 1 saturated heterocycles. The van der Waals surface area contributed by atoms with Crippen molar-refractivity contribution in [2.24, 2.45) is 12.1 Å². The van der Waals surface area contributed by atoms with Gasteiger partial charge in [-0.25, -0.2) is 5.43 Å². The van der Waals surface area contributed by atoms with Crippen LogP contribution in [0.2, 0.25) is 5.02 Å². The Kier molecular flexibility index (Phi) is 4.88. The minimum absolute atomic E-state index is 0.267. The number of carbonyl (C=O) groups excluding carboxylic acids is 1. The molecule has 3 rings (SSSR count). The molecule has 0 bridgehead atoms. The number of nitrogens with one attached hydrogen (secondary N) is 1. The van der Waals surface area contributed by atoms with Gasteiger partial charge < -0.3 is 4.74 Å². The predicted molar refractivity (Wildman–Crippen MR) is 91.5 cm³/mol. The van der Waals surface area contributed by atoms with E-state index in [1.54, 1.807) is 13.3 Å². The maximum Gasteiger partial charge on any atom is 0.291 e. The fourth-order valence-corrected chi connectivity index (χ4v) is 2.84. The average molecular weight is 351 g/mol. The van der Waals surface area contributed by atoms with Gasteiger partial charge in [0.25, 0.3) is 5.91 Å². The smallest absolute Gasteiger partial charge is 0.291 e. The van der Waals surface area contributed by atoms with Crippen LogP contribution in [0.1, 0.15) is 16.1 Å². The highest BCUT2D eigenvalue weighted by Crippen LogP contribution is 2.24. The number of amides is 1. The summed E-state index contributed by atoms with van der Waals surface area (Å²) in [5.41, 5.74) is 3.54. The number of aromatic nitrogens is 2. The Morgan fingerprint density at radius 2 is 2.39 bits per heavy atom. The average Bonchev–Trinajstić information content (AvgIpc) is 2.82. The Morgan fingerprint density at radius 3 is 3.04 bits per heavy atom. The molecule has 2 heterocycles. The molecule has 0 spiro atoms. The van der Waals surface area contributed by atoms with Crippen LogP contribution in [0.25, 0.3) is 0 Å². The first-order valence-electron chi connectivity index (χ1n) is 6.99. The fraction of sp³-hybridized carbons (Fsp3) is 0.267. The van der Waals surface area contributed by atoms with Crippen molar-refractivity contribution >= 4 is 35.5 Å². The summed E-state index contributed by atoms with van der Waals surface area (Å²) in [6.07, 6.45) is 3.27. The van der Waals surface area contributed by atoms with Crippen LogP contribution in [0.3, 0.4) is 0 Å². The number of benzene rings is 1. The van der Waals surface area contributed by atoms with Crippen LogP contribution in [0.4, 0.5) is 0 Å². The summed E-state index contributed by atoms with van der Waals surface area (Å²) in [7, 11) is 1.64. The maximum absolute atomic E-state index is 12.0. The zero-order valence-corrected chi connectivity index (χ0v) is 14.0. The van der Waals surface area contributed by atoms with Crippen molar-refractivity contribution in [3.05, 3.63) is 46.7 Å². The van der Waals surface area contributed by atoms with Crippen molar-refractivity contribution in [1.29, 1.82) is 0 Å². The molecule has 0 radical (unpaired) electrons. The second kappa shape index (κ2) is 7.06. The SMILES string of the molecule is Cn1ncc(Cl)c1C(=O)NN=Cc1cccc(OC2CSC2)c1. The lowest BCUT2D eigenvalue weighted by Crippen LogP contribution is -2.31. The first-order valence-corrected chi connectivity index (χ1v) is 8.52. The Balaban J connectivity index is 1.61. The second-order valence-corrected chi connectivity index (χ2v) is 6.50. The molecule has 1 aromatic carbocycles. The molecule has 1 amide bonds. The van der Waals surface area contributed by atoms with Gasteiger partial charge >= 0.3 is 0 Å². The van der Waals surface area contributed by atoms with Crippen LogP contribution >= 0.6 is 23.4 Å². The zero-order chi connectivity index (χ0) is 16.2. The first-order chi connectivity index (χ1) is 11.1. The van der Waals surface area contributed by atoms with E-state index in [1.165, 1.54) is 10.9 Å². The summed E-state index contributed by atoms with van der Waals surface area (Å²) in [4.78, 5) is 12.0. The minimum Gasteiger partial charge on any atom is -0.489 e. The van der Waals surface area contributed by atoms with Crippen molar-refractivity contribution in [1.82, 2.24) is 15.2 Å². The zero-order valence-electron chi connectivity index (χ0n) is 12.4. The van der Waals surface area contributed by atoms with Crippen LogP contribution in [0, 0.1) is 0 Å². The number of hydrogen-bond acceptors (Lipinski definition) is 5. The summed E-state index contributed by atoms with van der Waals surface area (Å²) in [6.45, 7) is 0. The number of aryl methyl sites for hydroxylation is 1. The Hall–Kier alpha value is -1.99. The summed E-state index contributed by atoms with van der Waals surface area (Å²) in [5.74, 6) is 2.45. The van der Waals surface area contributed by atoms with Crippen molar-refractivity contribution in [2.75, 3.05) is 11.5 Å². The minimum atomic E-state index is -0.412. The van der Waals surface area contributed by atoms with E-state index in [2.05, 4.69) is 15.6 Å².